The Kier molecular flexibility index (Phi) is 7.30. The molecule has 1 amide bonds. The van der Waals surface area contributed by atoms with Crippen molar-refractivity contribution in [2.24, 2.45) is 12.8 Å². The van der Waals surface area contributed by atoms with Crippen molar-refractivity contribution in [3.05, 3.63) is 76.7 Å². The van der Waals surface area contributed by atoms with Crippen LogP contribution < -0.4 is 10.5 Å². The molecule has 4 rings (SSSR count). The molecule has 0 spiro atoms. The van der Waals surface area contributed by atoms with Gasteiger partial charge in [0, 0.05) is 23.6 Å². The summed E-state index contributed by atoms with van der Waals surface area (Å²) in [4.78, 5) is 21.4. The number of carbonyl (C=O) groups excluding carboxylic acids is 1. The highest BCUT2D eigenvalue weighted by Crippen LogP contribution is 2.36. The number of primary amides is 1. The molecule has 196 valence electrons. The summed E-state index contributed by atoms with van der Waals surface area (Å²) in [7, 11) is 1.89. The largest absolute Gasteiger partial charge is 0.490 e. The summed E-state index contributed by atoms with van der Waals surface area (Å²) < 4.78 is 12.7. The van der Waals surface area contributed by atoms with E-state index in [9.17, 15) is 10.1 Å². The molecule has 0 saturated heterocycles. The van der Waals surface area contributed by atoms with Crippen LogP contribution in [0.15, 0.2) is 47.3 Å². The molecule has 2 N–H and O–H groups in total. The molecule has 0 radical (unpaired) electrons. The van der Waals surface area contributed by atoms with E-state index >= 15 is 0 Å². The van der Waals surface area contributed by atoms with E-state index < -0.39 is 11.8 Å². The fourth-order valence-electron chi connectivity index (χ4n) is 4.48. The highest BCUT2D eigenvalue weighted by molar-refractivity contribution is 5.95. The molecule has 0 saturated carbocycles. The van der Waals surface area contributed by atoms with E-state index in [1.54, 1.807) is 16.8 Å². The molecule has 0 aliphatic rings. The maximum Gasteiger partial charge on any atom is 0.249 e. The average molecular weight is 514 g/mol. The third-order valence-corrected chi connectivity index (χ3v) is 6.07. The number of amides is 1. The van der Waals surface area contributed by atoms with Crippen LogP contribution in [0.5, 0.6) is 5.75 Å². The van der Waals surface area contributed by atoms with Gasteiger partial charge in [-0.3, -0.25) is 9.48 Å². The summed E-state index contributed by atoms with van der Waals surface area (Å²) in [5.41, 5.74) is 8.22. The monoisotopic (exact) mass is 513 g/mol. The number of aromatic nitrogens is 5. The summed E-state index contributed by atoms with van der Waals surface area (Å²) in [5.74, 6) is 0.971. The zero-order valence-electron chi connectivity index (χ0n) is 22.4. The lowest BCUT2D eigenvalue weighted by Gasteiger charge is -2.21. The van der Waals surface area contributed by atoms with Crippen LogP contribution in [-0.2, 0) is 18.9 Å². The van der Waals surface area contributed by atoms with Gasteiger partial charge in [0.1, 0.15) is 17.6 Å². The molecule has 1 atom stereocenters. The molecule has 4 aromatic rings. The number of carbonyl (C=O) groups is 1. The standard InChI is InChI=1S/C28H31N7O3/c1-16(2)38-22-12-11-19(24(30)36)23(21(22)14-29)20(26-31-15-37-34-26)13-17-7-9-18(10-8-17)25-32-27(28(3,4)5)35(6)33-25/h7-12,15-16,20H,13H2,1-6H3,(H2,30,36). The molecular formula is C28H31N7O3. The number of aryl methyl sites for hydroxylation is 1. The van der Waals surface area contributed by atoms with E-state index in [-0.39, 0.29) is 22.6 Å². The van der Waals surface area contributed by atoms with Gasteiger partial charge in [0.05, 0.1) is 17.6 Å². The van der Waals surface area contributed by atoms with Gasteiger partial charge in [0.25, 0.3) is 0 Å². The number of nitrogens with two attached hydrogens (primary N) is 1. The molecule has 0 aliphatic carbocycles. The number of hydrogen-bond acceptors (Lipinski definition) is 8. The quantitative estimate of drug-likeness (QED) is 0.367. The first-order valence-corrected chi connectivity index (χ1v) is 12.3. The van der Waals surface area contributed by atoms with Gasteiger partial charge in [0.15, 0.2) is 11.6 Å². The molecule has 1 unspecified atom stereocenters. The zero-order valence-corrected chi connectivity index (χ0v) is 22.4. The van der Waals surface area contributed by atoms with Crippen molar-refractivity contribution in [3.8, 4) is 23.2 Å². The number of hydrogen-bond donors (Lipinski definition) is 1. The minimum Gasteiger partial charge on any atom is -0.490 e. The second kappa shape index (κ2) is 10.5. The van der Waals surface area contributed by atoms with Gasteiger partial charge >= 0.3 is 0 Å². The van der Waals surface area contributed by atoms with Crippen LogP contribution in [0, 0.1) is 11.3 Å². The average Bonchev–Trinajstić information content (AvgIpc) is 3.52. The second-order valence-corrected chi connectivity index (χ2v) is 10.4. The molecular weight excluding hydrogens is 482 g/mol. The Morgan fingerprint density at radius 1 is 1.18 bits per heavy atom. The minimum atomic E-state index is -0.660. The SMILES string of the molecule is CC(C)Oc1ccc(C(N)=O)c(C(Cc2ccc(-c3nc(C(C)(C)C)n(C)n3)cc2)c2ncon2)c1C#N. The van der Waals surface area contributed by atoms with Crippen LogP contribution in [0.1, 0.15) is 79.2 Å². The maximum absolute atomic E-state index is 12.4. The molecule has 2 aromatic carbocycles. The van der Waals surface area contributed by atoms with E-state index in [2.05, 4.69) is 42.1 Å². The Morgan fingerprint density at radius 3 is 2.42 bits per heavy atom. The van der Waals surface area contributed by atoms with Crippen molar-refractivity contribution < 1.29 is 14.1 Å². The number of rotatable bonds is 8. The topological polar surface area (TPSA) is 146 Å². The van der Waals surface area contributed by atoms with Gasteiger partial charge in [-0.1, -0.05) is 50.2 Å². The van der Waals surface area contributed by atoms with Crippen molar-refractivity contribution in [3.63, 3.8) is 0 Å². The third kappa shape index (κ3) is 5.42. The summed E-state index contributed by atoms with van der Waals surface area (Å²) in [6, 6.07) is 13.2. The van der Waals surface area contributed by atoms with Crippen LogP contribution >= 0.6 is 0 Å². The van der Waals surface area contributed by atoms with Crippen LogP contribution in [-0.4, -0.2) is 36.9 Å². The lowest BCUT2D eigenvalue weighted by molar-refractivity contribution is 0.0999. The normalized spacial score (nSPS) is 12.4. The molecule has 0 bridgehead atoms. The van der Waals surface area contributed by atoms with Crippen LogP contribution in [0.4, 0.5) is 0 Å². The van der Waals surface area contributed by atoms with E-state index in [4.69, 9.17) is 20.0 Å². The predicted octanol–water partition coefficient (Wildman–Crippen LogP) is 4.29. The Hall–Kier alpha value is -4.52. The second-order valence-electron chi connectivity index (χ2n) is 10.4. The number of benzene rings is 2. The van der Waals surface area contributed by atoms with Gasteiger partial charge in [-0.15, -0.1) is 0 Å². The van der Waals surface area contributed by atoms with Crippen molar-refractivity contribution in [1.29, 1.82) is 5.26 Å². The smallest absolute Gasteiger partial charge is 0.249 e. The van der Waals surface area contributed by atoms with Gasteiger partial charge < -0.3 is 15.0 Å². The Labute approximate surface area is 221 Å². The van der Waals surface area contributed by atoms with E-state index in [1.165, 1.54) is 6.39 Å². The molecule has 2 aromatic heterocycles. The first kappa shape index (κ1) is 26.5. The van der Waals surface area contributed by atoms with Crippen LogP contribution in [0.25, 0.3) is 11.4 Å². The Balaban J connectivity index is 1.76. The Morgan fingerprint density at radius 2 is 1.89 bits per heavy atom. The first-order chi connectivity index (χ1) is 18.0. The number of nitrogens with zero attached hydrogens (tertiary/aromatic N) is 6. The van der Waals surface area contributed by atoms with Crippen molar-refractivity contribution >= 4 is 5.91 Å². The van der Waals surface area contributed by atoms with E-state index in [1.807, 2.05) is 45.2 Å². The van der Waals surface area contributed by atoms with E-state index in [0.717, 1.165) is 17.0 Å². The fourth-order valence-corrected chi connectivity index (χ4v) is 4.48. The number of nitriles is 1. The fraction of sp³-hybridized carbons (Fsp3) is 0.357. The zero-order chi connectivity index (χ0) is 27.6. The van der Waals surface area contributed by atoms with Gasteiger partial charge in [0.2, 0.25) is 12.3 Å². The van der Waals surface area contributed by atoms with Gasteiger partial charge in [-0.2, -0.15) is 15.3 Å². The molecule has 10 heteroatoms. The summed E-state index contributed by atoms with van der Waals surface area (Å²) in [6.45, 7) is 10.0. The lowest BCUT2D eigenvalue weighted by Crippen LogP contribution is -2.20. The molecule has 10 nitrogen and oxygen atoms in total. The predicted molar refractivity (Wildman–Crippen MR) is 140 cm³/mol. The van der Waals surface area contributed by atoms with Gasteiger partial charge in [-0.05, 0) is 43.5 Å². The van der Waals surface area contributed by atoms with Crippen LogP contribution in [0.2, 0.25) is 0 Å². The molecule has 2 heterocycles. The first-order valence-electron chi connectivity index (χ1n) is 12.3. The number of ether oxygens (including phenoxy) is 1. The summed E-state index contributed by atoms with van der Waals surface area (Å²) in [5, 5.41) is 18.7. The summed E-state index contributed by atoms with van der Waals surface area (Å²) >= 11 is 0. The third-order valence-electron chi connectivity index (χ3n) is 6.07. The Bertz CT molecular complexity index is 1470. The van der Waals surface area contributed by atoms with Crippen molar-refractivity contribution in [2.45, 2.75) is 58.5 Å². The molecule has 0 fully saturated rings. The highest BCUT2D eigenvalue weighted by Gasteiger charge is 2.30. The van der Waals surface area contributed by atoms with Crippen molar-refractivity contribution in [2.75, 3.05) is 0 Å². The highest BCUT2D eigenvalue weighted by atomic mass is 16.5. The van der Waals surface area contributed by atoms with Gasteiger partial charge in [-0.25, -0.2) is 4.98 Å². The molecule has 0 aliphatic heterocycles. The lowest BCUT2D eigenvalue weighted by atomic mass is 9.84. The maximum atomic E-state index is 12.4. The minimum absolute atomic E-state index is 0.137. The summed E-state index contributed by atoms with van der Waals surface area (Å²) in [6.07, 6.45) is 1.42. The van der Waals surface area contributed by atoms with Crippen molar-refractivity contribution in [1.82, 2.24) is 24.9 Å². The molecule has 38 heavy (non-hydrogen) atoms. The van der Waals surface area contributed by atoms with Crippen LogP contribution in [0.3, 0.4) is 0 Å². The van der Waals surface area contributed by atoms with E-state index in [0.29, 0.717) is 29.4 Å².